The zero-order valence-corrected chi connectivity index (χ0v) is 20.4. The first-order chi connectivity index (χ1) is 13.2. The first-order valence-electron chi connectivity index (χ1n) is 10.3. The number of aryl methyl sites for hydroxylation is 1. The summed E-state index contributed by atoms with van der Waals surface area (Å²) in [6.45, 7) is 2.18. The maximum Gasteiger partial charge on any atom is 0.0790 e. The predicted octanol–water partition coefficient (Wildman–Crippen LogP) is 7.07. The number of allylic oxidation sites excluding steroid dienone is 2. The van der Waals surface area contributed by atoms with Gasteiger partial charge < -0.3 is 9.52 Å². The van der Waals surface area contributed by atoms with Crippen molar-refractivity contribution in [3.63, 3.8) is 0 Å². The first-order valence-corrected chi connectivity index (χ1v) is 10.7. The number of rotatable bonds is 10. The van der Waals surface area contributed by atoms with Crippen molar-refractivity contribution in [3.8, 4) is 0 Å². The van der Waals surface area contributed by atoms with Crippen molar-refractivity contribution < 1.29 is 42.2 Å². The van der Waals surface area contributed by atoms with Crippen LogP contribution in [0.1, 0.15) is 81.3 Å². The average Bonchev–Trinajstić information content (AvgIpc) is 3.32. The van der Waals surface area contributed by atoms with Gasteiger partial charge >= 0.3 is 0 Å². The minimum atomic E-state index is -0.362. The Balaban J connectivity index is 0.00000280. The van der Waals surface area contributed by atoms with Crippen LogP contribution in [-0.4, -0.2) is 5.11 Å². The fourth-order valence-electron chi connectivity index (χ4n) is 4.05. The van der Waals surface area contributed by atoms with Crippen LogP contribution in [0.15, 0.2) is 45.8 Å². The van der Waals surface area contributed by atoms with Crippen LogP contribution < -0.4 is 0 Å². The monoisotopic (exact) mass is 474 g/mol. The molecule has 0 saturated carbocycles. The molecule has 1 aliphatic rings. The molecule has 0 saturated heterocycles. The van der Waals surface area contributed by atoms with Gasteiger partial charge in [0.2, 0.25) is 0 Å². The SMILES string of the molecule is CCCCCC(O)c1ccc(C2=C(Cl)CC[C@@H]2CCCc2cc[c-]o2)cc1.[Y]. The van der Waals surface area contributed by atoms with E-state index in [0.29, 0.717) is 5.92 Å². The van der Waals surface area contributed by atoms with Crippen LogP contribution in [0.3, 0.4) is 0 Å². The number of unbranched alkanes of at least 4 members (excludes halogenated alkanes) is 2. The van der Waals surface area contributed by atoms with Gasteiger partial charge in [0.05, 0.1) is 6.10 Å². The first kappa shape index (κ1) is 23.9. The fraction of sp³-hybridized carbons (Fsp3) is 0.500. The maximum atomic E-state index is 10.4. The number of furan rings is 1. The number of benzene rings is 1. The molecule has 1 radical (unpaired) electrons. The summed E-state index contributed by atoms with van der Waals surface area (Å²) in [5.74, 6) is 1.52. The molecule has 1 aromatic heterocycles. The predicted molar refractivity (Wildman–Crippen MR) is 112 cm³/mol. The molecule has 2 aromatic rings. The maximum absolute atomic E-state index is 10.4. The van der Waals surface area contributed by atoms with Gasteiger partial charge in [0.15, 0.2) is 0 Å². The fourth-order valence-corrected chi connectivity index (χ4v) is 4.42. The molecule has 1 aliphatic carbocycles. The molecular formula is C24H30ClO2Y-. The number of halogens is 1. The van der Waals surface area contributed by atoms with E-state index in [0.717, 1.165) is 61.3 Å². The third-order valence-corrected chi connectivity index (χ3v) is 6.00. The second kappa shape index (κ2) is 12.3. The van der Waals surface area contributed by atoms with Crippen LogP contribution in [0, 0.1) is 12.2 Å². The van der Waals surface area contributed by atoms with Crippen molar-refractivity contribution in [2.75, 3.05) is 0 Å². The Bertz CT molecular complexity index is 722. The summed E-state index contributed by atoms with van der Waals surface area (Å²) in [7, 11) is 0. The van der Waals surface area contributed by atoms with E-state index in [9.17, 15) is 5.11 Å². The molecule has 28 heavy (non-hydrogen) atoms. The van der Waals surface area contributed by atoms with Crippen LogP contribution in [0.4, 0.5) is 0 Å². The van der Waals surface area contributed by atoms with Crippen LogP contribution in [-0.2, 0) is 39.1 Å². The number of aliphatic hydroxyl groups excluding tert-OH is 1. The van der Waals surface area contributed by atoms with E-state index in [-0.39, 0.29) is 38.8 Å². The molecule has 1 heterocycles. The minimum absolute atomic E-state index is 0. The summed E-state index contributed by atoms with van der Waals surface area (Å²) in [4.78, 5) is 0. The van der Waals surface area contributed by atoms with Gasteiger partial charge in [0, 0.05) is 37.7 Å². The molecule has 4 heteroatoms. The van der Waals surface area contributed by atoms with Crippen molar-refractivity contribution in [1.29, 1.82) is 0 Å². The van der Waals surface area contributed by atoms with Crippen molar-refractivity contribution in [3.05, 3.63) is 64.6 Å². The Morgan fingerprint density at radius 2 is 1.96 bits per heavy atom. The molecule has 2 nitrogen and oxygen atoms in total. The third kappa shape index (κ3) is 6.56. The van der Waals surface area contributed by atoms with Gasteiger partial charge in [-0.2, -0.15) is 6.07 Å². The van der Waals surface area contributed by atoms with Crippen molar-refractivity contribution in [2.24, 2.45) is 5.92 Å². The number of hydrogen-bond acceptors (Lipinski definition) is 2. The molecule has 0 amide bonds. The molecule has 3 rings (SSSR count). The summed E-state index contributed by atoms with van der Waals surface area (Å²) >= 11 is 6.58. The normalized spacial score (nSPS) is 17.6. The Morgan fingerprint density at radius 3 is 2.64 bits per heavy atom. The largest absolute Gasteiger partial charge is 0.596 e. The second-order valence-electron chi connectivity index (χ2n) is 7.60. The Kier molecular flexibility index (Phi) is 10.5. The topological polar surface area (TPSA) is 33.4 Å². The average molecular weight is 475 g/mol. The van der Waals surface area contributed by atoms with Crippen LogP contribution in [0.5, 0.6) is 0 Å². The van der Waals surface area contributed by atoms with Gasteiger partial charge in [-0.25, -0.2) is 0 Å². The van der Waals surface area contributed by atoms with Gasteiger partial charge in [-0.15, -0.1) is 6.07 Å². The summed E-state index contributed by atoms with van der Waals surface area (Å²) in [6, 6.07) is 12.2. The molecule has 0 spiro atoms. The van der Waals surface area contributed by atoms with Crippen LogP contribution in [0.2, 0.25) is 0 Å². The Labute approximate surface area is 199 Å². The zero-order chi connectivity index (χ0) is 19.1. The third-order valence-electron chi connectivity index (χ3n) is 5.60. The smallest absolute Gasteiger partial charge is 0.0790 e. The second-order valence-corrected chi connectivity index (χ2v) is 8.06. The number of hydrogen-bond donors (Lipinski definition) is 1. The molecule has 0 fully saturated rings. The molecule has 0 aliphatic heterocycles. The quantitative estimate of drug-likeness (QED) is 0.295. The van der Waals surface area contributed by atoms with Gasteiger partial charge in [-0.1, -0.05) is 80.7 Å². The standard InChI is InChI=1S/C24H30ClO2.Y/c1-2-3-4-10-23(26)18-11-13-20(14-12-18)24-19(15-16-22(24)25)7-5-8-21-9-6-17-27-21;/h6,9,11-14,19,23,26H,2-5,7-8,10,15-16H2,1H3;/q-1;/t19-,23?;/m0./s1. The molecule has 1 aromatic carbocycles. The van der Waals surface area contributed by atoms with Gasteiger partial charge in [-0.05, 0) is 54.6 Å². The van der Waals surface area contributed by atoms with E-state index in [1.54, 1.807) is 0 Å². The van der Waals surface area contributed by atoms with Crippen molar-refractivity contribution in [2.45, 2.75) is 70.8 Å². The van der Waals surface area contributed by atoms with Crippen molar-refractivity contribution >= 4 is 17.2 Å². The molecular weight excluding hydrogens is 445 g/mol. The summed E-state index contributed by atoms with van der Waals surface area (Å²) < 4.78 is 5.31. The van der Waals surface area contributed by atoms with Gasteiger partial charge in [0.25, 0.3) is 0 Å². The van der Waals surface area contributed by atoms with Gasteiger partial charge in [-0.3, -0.25) is 0 Å². The molecule has 1 unspecified atom stereocenters. The van der Waals surface area contributed by atoms with E-state index < -0.39 is 0 Å². The molecule has 149 valence electrons. The van der Waals surface area contributed by atoms with E-state index in [1.807, 2.05) is 12.1 Å². The summed E-state index contributed by atoms with van der Waals surface area (Å²) in [5, 5.41) is 11.4. The zero-order valence-electron chi connectivity index (χ0n) is 16.8. The molecule has 1 N–H and O–H groups in total. The molecule has 0 bridgehead atoms. The van der Waals surface area contributed by atoms with Crippen LogP contribution >= 0.6 is 11.6 Å². The van der Waals surface area contributed by atoms with E-state index in [1.165, 1.54) is 24.0 Å². The Morgan fingerprint density at radius 1 is 1.18 bits per heavy atom. The van der Waals surface area contributed by atoms with E-state index >= 15 is 0 Å². The van der Waals surface area contributed by atoms with E-state index in [2.05, 4.69) is 37.5 Å². The number of aliphatic hydroxyl groups is 1. The Hall–Kier alpha value is -0.406. The summed E-state index contributed by atoms with van der Waals surface area (Å²) in [5.41, 5.74) is 3.52. The van der Waals surface area contributed by atoms with E-state index in [4.69, 9.17) is 16.0 Å². The van der Waals surface area contributed by atoms with Gasteiger partial charge in [0.1, 0.15) is 0 Å². The minimum Gasteiger partial charge on any atom is -0.596 e. The molecule has 2 atom stereocenters. The van der Waals surface area contributed by atoms with Crippen molar-refractivity contribution in [1.82, 2.24) is 0 Å². The summed E-state index contributed by atoms with van der Waals surface area (Å²) in [6.07, 6.45) is 11.9. The van der Waals surface area contributed by atoms with Crippen LogP contribution in [0.25, 0.3) is 5.57 Å².